The standard InChI is InChI=1S/C17H23NO2/c1-3-4-7-16(19)18-12-5-6-15(17(18)20)14-10-8-13(2)9-11-14/h8-11,15H,3-7,12H2,1-2H3. The van der Waals surface area contributed by atoms with Crippen LogP contribution in [-0.2, 0) is 9.59 Å². The zero-order valence-corrected chi connectivity index (χ0v) is 12.4. The van der Waals surface area contributed by atoms with Gasteiger partial charge in [-0.25, -0.2) is 0 Å². The maximum atomic E-state index is 12.5. The van der Waals surface area contributed by atoms with Gasteiger partial charge in [0.1, 0.15) is 0 Å². The van der Waals surface area contributed by atoms with Crippen LogP contribution in [0.15, 0.2) is 24.3 Å². The molecular formula is C17H23NO2. The van der Waals surface area contributed by atoms with E-state index >= 15 is 0 Å². The maximum absolute atomic E-state index is 12.5. The Morgan fingerprint density at radius 1 is 1.30 bits per heavy atom. The number of piperidine rings is 1. The molecule has 1 saturated heterocycles. The first kappa shape index (κ1) is 14.8. The van der Waals surface area contributed by atoms with Crippen molar-refractivity contribution in [3.63, 3.8) is 0 Å². The van der Waals surface area contributed by atoms with Crippen LogP contribution in [0.1, 0.15) is 56.1 Å². The Morgan fingerprint density at radius 3 is 2.65 bits per heavy atom. The molecule has 108 valence electrons. The Hall–Kier alpha value is -1.64. The molecule has 1 aromatic carbocycles. The number of benzene rings is 1. The van der Waals surface area contributed by atoms with Crippen molar-refractivity contribution in [3.05, 3.63) is 35.4 Å². The van der Waals surface area contributed by atoms with E-state index in [1.165, 1.54) is 10.5 Å². The van der Waals surface area contributed by atoms with E-state index in [4.69, 9.17) is 0 Å². The molecule has 0 bridgehead atoms. The Labute approximate surface area is 121 Å². The second kappa shape index (κ2) is 6.69. The summed E-state index contributed by atoms with van der Waals surface area (Å²) in [6, 6.07) is 8.08. The van der Waals surface area contributed by atoms with Crippen LogP contribution in [0.4, 0.5) is 0 Å². The molecule has 1 aliphatic rings. The third-order valence-electron chi connectivity index (χ3n) is 3.96. The van der Waals surface area contributed by atoms with Crippen LogP contribution in [0.2, 0.25) is 0 Å². The largest absolute Gasteiger partial charge is 0.282 e. The SMILES string of the molecule is CCCCC(=O)N1CCCC(c2ccc(C)cc2)C1=O. The van der Waals surface area contributed by atoms with Crippen molar-refractivity contribution in [2.24, 2.45) is 0 Å². The lowest BCUT2D eigenvalue weighted by Crippen LogP contribution is -2.43. The number of carbonyl (C=O) groups is 2. The number of rotatable bonds is 4. The molecule has 0 aliphatic carbocycles. The number of hydrogen-bond donors (Lipinski definition) is 0. The fourth-order valence-corrected chi connectivity index (χ4v) is 2.69. The summed E-state index contributed by atoms with van der Waals surface area (Å²) >= 11 is 0. The molecule has 2 amide bonds. The molecule has 3 heteroatoms. The van der Waals surface area contributed by atoms with E-state index in [2.05, 4.69) is 6.92 Å². The number of imide groups is 1. The molecule has 1 heterocycles. The first-order chi connectivity index (χ1) is 9.63. The Kier molecular flexibility index (Phi) is 4.94. The van der Waals surface area contributed by atoms with Gasteiger partial charge in [-0.2, -0.15) is 0 Å². The Balaban J connectivity index is 2.10. The van der Waals surface area contributed by atoms with Crippen molar-refractivity contribution >= 4 is 11.8 Å². The Morgan fingerprint density at radius 2 is 2.00 bits per heavy atom. The molecule has 0 spiro atoms. The minimum Gasteiger partial charge on any atom is -0.282 e. The molecule has 1 aromatic rings. The summed E-state index contributed by atoms with van der Waals surface area (Å²) in [6.45, 7) is 4.68. The van der Waals surface area contributed by atoms with Crippen LogP contribution < -0.4 is 0 Å². The quantitative estimate of drug-likeness (QED) is 0.843. The van der Waals surface area contributed by atoms with Crippen molar-refractivity contribution in [1.29, 1.82) is 0 Å². The molecule has 20 heavy (non-hydrogen) atoms. The van der Waals surface area contributed by atoms with Gasteiger partial charge >= 0.3 is 0 Å². The molecule has 1 unspecified atom stereocenters. The van der Waals surface area contributed by atoms with Crippen molar-refractivity contribution in [2.75, 3.05) is 6.54 Å². The molecule has 3 nitrogen and oxygen atoms in total. The topological polar surface area (TPSA) is 37.4 Å². The normalized spacial score (nSPS) is 19.2. The Bertz CT molecular complexity index is 478. The van der Waals surface area contributed by atoms with Gasteiger partial charge in [0.05, 0.1) is 5.92 Å². The number of amides is 2. The fourth-order valence-electron chi connectivity index (χ4n) is 2.69. The van der Waals surface area contributed by atoms with E-state index in [1.807, 2.05) is 31.2 Å². The second-order valence-corrected chi connectivity index (χ2v) is 5.59. The highest BCUT2D eigenvalue weighted by Crippen LogP contribution is 2.28. The lowest BCUT2D eigenvalue weighted by Gasteiger charge is -2.31. The van der Waals surface area contributed by atoms with E-state index in [0.29, 0.717) is 13.0 Å². The summed E-state index contributed by atoms with van der Waals surface area (Å²) in [5.41, 5.74) is 2.22. The average molecular weight is 273 g/mol. The number of carbonyl (C=O) groups excluding carboxylic acids is 2. The van der Waals surface area contributed by atoms with Gasteiger partial charge in [-0.3, -0.25) is 14.5 Å². The summed E-state index contributed by atoms with van der Waals surface area (Å²) in [7, 11) is 0. The van der Waals surface area contributed by atoms with Gasteiger partial charge in [-0.1, -0.05) is 43.2 Å². The van der Waals surface area contributed by atoms with Crippen LogP contribution in [0, 0.1) is 6.92 Å². The van der Waals surface area contributed by atoms with Crippen LogP contribution in [0.5, 0.6) is 0 Å². The molecule has 1 atom stereocenters. The highest BCUT2D eigenvalue weighted by atomic mass is 16.2. The number of likely N-dealkylation sites (tertiary alicyclic amines) is 1. The zero-order valence-electron chi connectivity index (χ0n) is 12.4. The van der Waals surface area contributed by atoms with Crippen LogP contribution in [0.25, 0.3) is 0 Å². The first-order valence-corrected chi connectivity index (χ1v) is 7.54. The predicted octanol–water partition coefficient (Wildman–Crippen LogP) is 3.42. The van der Waals surface area contributed by atoms with Crippen molar-refractivity contribution in [3.8, 4) is 0 Å². The van der Waals surface area contributed by atoms with Gasteiger partial charge in [-0.15, -0.1) is 0 Å². The fraction of sp³-hybridized carbons (Fsp3) is 0.529. The number of aryl methyl sites for hydroxylation is 1. The molecule has 1 aliphatic heterocycles. The predicted molar refractivity (Wildman–Crippen MR) is 79.4 cm³/mol. The minimum absolute atomic E-state index is 0.00587. The number of hydrogen-bond acceptors (Lipinski definition) is 2. The minimum atomic E-state index is -0.144. The first-order valence-electron chi connectivity index (χ1n) is 7.54. The molecule has 0 N–H and O–H groups in total. The number of nitrogens with zero attached hydrogens (tertiary/aromatic N) is 1. The van der Waals surface area contributed by atoms with Gasteiger partial charge in [0.25, 0.3) is 0 Å². The van der Waals surface area contributed by atoms with Gasteiger partial charge in [0, 0.05) is 13.0 Å². The van der Waals surface area contributed by atoms with Gasteiger partial charge in [0.2, 0.25) is 11.8 Å². The summed E-state index contributed by atoms with van der Waals surface area (Å²) in [5, 5.41) is 0. The molecule has 0 radical (unpaired) electrons. The molecule has 0 saturated carbocycles. The number of unbranched alkanes of at least 4 members (excludes halogenated alkanes) is 1. The summed E-state index contributed by atoms with van der Waals surface area (Å²) in [4.78, 5) is 26.1. The van der Waals surface area contributed by atoms with Crippen LogP contribution in [0.3, 0.4) is 0 Å². The summed E-state index contributed by atoms with van der Waals surface area (Å²) in [5.74, 6) is -0.162. The second-order valence-electron chi connectivity index (χ2n) is 5.59. The van der Waals surface area contributed by atoms with Crippen molar-refractivity contribution in [1.82, 2.24) is 4.90 Å². The van der Waals surface area contributed by atoms with Crippen LogP contribution in [-0.4, -0.2) is 23.3 Å². The third-order valence-corrected chi connectivity index (χ3v) is 3.96. The van der Waals surface area contributed by atoms with E-state index in [0.717, 1.165) is 31.2 Å². The van der Waals surface area contributed by atoms with Gasteiger partial charge in [-0.05, 0) is 31.7 Å². The van der Waals surface area contributed by atoms with E-state index in [1.54, 1.807) is 0 Å². The van der Waals surface area contributed by atoms with Crippen LogP contribution >= 0.6 is 0 Å². The average Bonchev–Trinajstić information content (AvgIpc) is 2.46. The lowest BCUT2D eigenvalue weighted by atomic mass is 9.89. The van der Waals surface area contributed by atoms with E-state index < -0.39 is 0 Å². The van der Waals surface area contributed by atoms with Gasteiger partial charge < -0.3 is 0 Å². The highest BCUT2D eigenvalue weighted by molar-refractivity contribution is 5.99. The lowest BCUT2D eigenvalue weighted by molar-refractivity contribution is -0.147. The molecule has 2 rings (SSSR count). The molecule has 1 fully saturated rings. The maximum Gasteiger partial charge on any atom is 0.236 e. The van der Waals surface area contributed by atoms with Crippen molar-refractivity contribution in [2.45, 2.75) is 51.9 Å². The van der Waals surface area contributed by atoms with E-state index in [-0.39, 0.29) is 17.7 Å². The smallest absolute Gasteiger partial charge is 0.236 e. The van der Waals surface area contributed by atoms with E-state index in [9.17, 15) is 9.59 Å². The monoisotopic (exact) mass is 273 g/mol. The molecular weight excluding hydrogens is 250 g/mol. The summed E-state index contributed by atoms with van der Waals surface area (Å²) in [6.07, 6.45) is 4.08. The summed E-state index contributed by atoms with van der Waals surface area (Å²) < 4.78 is 0. The third kappa shape index (κ3) is 3.27. The van der Waals surface area contributed by atoms with Gasteiger partial charge in [0.15, 0.2) is 0 Å². The molecule has 0 aromatic heterocycles. The zero-order chi connectivity index (χ0) is 14.5. The van der Waals surface area contributed by atoms with Crippen molar-refractivity contribution < 1.29 is 9.59 Å². The highest BCUT2D eigenvalue weighted by Gasteiger charge is 2.32.